The lowest BCUT2D eigenvalue weighted by atomic mass is 10.1. The highest BCUT2D eigenvalue weighted by Gasteiger charge is 2.19. The van der Waals surface area contributed by atoms with Crippen LogP contribution in [0, 0.1) is 6.08 Å². The number of thiol groups is 3. The molecule has 0 bridgehead atoms. The number of nitrogens with one attached hydrogen (secondary N) is 1. The van der Waals surface area contributed by atoms with Crippen molar-refractivity contribution >= 4 is 88.4 Å². The molecular formula is C27H22FN7O2S3. The van der Waals surface area contributed by atoms with Crippen molar-refractivity contribution in [3.05, 3.63) is 60.7 Å². The second-order valence-electron chi connectivity index (χ2n) is 8.99. The van der Waals surface area contributed by atoms with Crippen LogP contribution in [0.1, 0.15) is 0 Å². The zero-order valence-electron chi connectivity index (χ0n) is 20.8. The number of aromatic nitrogens is 3. The van der Waals surface area contributed by atoms with Gasteiger partial charge in [0.1, 0.15) is 5.69 Å². The van der Waals surface area contributed by atoms with Crippen molar-refractivity contribution in [3.8, 4) is 5.75 Å². The van der Waals surface area contributed by atoms with Gasteiger partial charge in [-0.1, -0.05) is 30.3 Å². The third-order valence-electron chi connectivity index (χ3n) is 6.42. The predicted octanol–water partition coefficient (Wildman–Crippen LogP) is 6.88. The third-order valence-corrected chi connectivity index (χ3v) is 7.49. The number of aromatic hydroxyl groups is 1. The zero-order chi connectivity index (χ0) is 27.8. The highest BCUT2D eigenvalue weighted by Crippen LogP contribution is 2.45. The fourth-order valence-electron chi connectivity index (χ4n) is 4.53. The molecule has 2 N–H and O–H groups in total. The molecule has 13 heteroatoms. The van der Waals surface area contributed by atoms with Crippen molar-refractivity contribution < 1.29 is 14.2 Å². The molecule has 6 rings (SSSR count). The van der Waals surface area contributed by atoms with Crippen LogP contribution in [-0.4, -0.2) is 46.4 Å². The maximum absolute atomic E-state index is 14.4. The smallest absolute Gasteiger partial charge is 0.315 e. The maximum Gasteiger partial charge on any atom is 0.315 e. The third kappa shape index (κ3) is 5.24. The van der Waals surface area contributed by atoms with Gasteiger partial charge >= 0.3 is 6.08 Å². The SMILES string of the molecule is Oc1c(/N=N/c2ccc3ccccc3c2S)c(S)cc2cc(S)cc(Nc3nc(F)nc(N4CCOCC4)n3)c12. The van der Waals surface area contributed by atoms with Gasteiger partial charge in [0.25, 0.3) is 0 Å². The molecule has 40 heavy (non-hydrogen) atoms. The molecule has 0 spiro atoms. The molecule has 4 aromatic carbocycles. The molecule has 0 saturated carbocycles. The number of nitrogens with zero attached hydrogens (tertiary/aromatic N) is 6. The van der Waals surface area contributed by atoms with Crippen molar-refractivity contribution in [1.29, 1.82) is 0 Å². The van der Waals surface area contributed by atoms with Crippen molar-refractivity contribution in [2.45, 2.75) is 14.7 Å². The van der Waals surface area contributed by atoms with Crippen molar-refractivity contribution in [1.82, 2.24) is 15.0 Å². The van der Waals surface area contributed by atoms with E-state index in [9.17, 15) is 9.50 Å². The summed E-state index contributed by atoms with van der Waals surface area (Å²) in [6.45, 7) is 2.05. The number of fused-ring (bicyclic) bond motifs is 2. The highest BCUT2D eigenvalue weighted by atomic mass is 32.1. The first kappa shape index (κ1) is 26.6. The van der Waals surface area contributed by atoms with E-state index in [2.05, 4.69) is 68.4 Å². The number of morpholine rings is 1. The average Bonchev–Trinajstić information content (AvgIpc) is 2.94. The number of rotatable bonds is 5. The molecule has 0 atom stereocenters. The lowest BCUT2D eigenvalue weighted by Gasteiger charge is -2.26. The number of azo groups is 1. The topological polar surface area (TPSA) is 108 Å². The molecule has 0 aliphatic carbocycles. The Bertz CT molecular complexity index is 1800. The summed E-state index contributed by atoms with van der Waals surface area (Å²) in [6.07, 6.45) is -0.931. The monoisotopic (exact) mass is 591 g/mol. The standard InChI is InChI=1S/C27H22FN7O2S3/c28-25-30-26(32-27(31-25)35-7-9-37-10-8-35)29-19-13-16(38)11-15-12-20(39)22(23(36)21(15)19)34-33-18-6-5-14-3-1-2-4-17(14)24(18)40/h1-6,11-13,36,38-40H,7-10H2,(H,29,30,31,32)/b34-33+. The van der Waals surface area contributed by atoms with Crippen LogP contribution in [0.4, 0.5) is 33.3 Å². The van der Waals surface area contributed by atoms with Crippen LogP contribution in [0.2, 0.25) is 0 Å². The molecule has 1 aliphatic heterocycles. The van der Waals surface area contributed by atoms with Gasteiger partial charge in [0.15, 0.2) is 5.75 Å². The summed E-state index contributed by atoms with van der Waals surface area (Å²) in [7, 11) is 0. The summed E-state index contributed by atoms with van der Waals surface area (Å²) in [4.78, 5) is 15.5. The molecule has 0 radical (unpaired) electrons. The Morgan fingerprint density at radius 3 is 2.55 bits per heavy atom. The summed E-state index contributed by atoms with van der Waals surface area (Å²) in [5.74, 6) is -0.00641. The van der Waals surface area contributed by atoms with Gasteiger partial charge in [-0.15, -0.1) is 48.1 Å². The number of hydrogen-bond donors (Lipinski definition) is 5. The van der Waals surface area contributed by atoms with Gasteiger partial charge < -0.3 is 20.1 Å². The number of anilines is 3. The van der Waals surface area contributed by atoms with E-state index >= 15 is 0 Å². The van der Waals surface area contributed by atoms with Gasteiger partial charge in [-0.3, -0.25) is 0 Å². The van der Waals surface area contributed by atoms with Crippen LogP contribution in [0.5, 0.6) is 5.75 Å². The number of ether oxygens (including phenoxy) is 1. The van der Waals surface area contributed by atoms with E-state index in [0.717, 1.165) is 10.8 Å². The lowest BCUT2D eigenvalue weighted by Crippen LogP contribution is -2.37. The van der Waals surface area contributed by atoms with Crippen molar-refractivity contribution in [2.75, 3.05) is 36.5 Å². The van der Waals surface area contributed by atoms with E-state index < -0.39 is 6.08 Å². The molecule has 1 saturated heterocycles. The van der Waals surface area contributed by atoms with E-state index in [0.29, 0.717) is 63.1 Å². The molecule has 1 fully saturated rings. The summed E-state index contributed by atoms with van der Waals surface area (Å²) < 4.78 is 19.8. The minimum Gasteiger partial charge on any atom is -0.505 e. The van der Waals surface area contributed by atoms with E-state index in [1.54, 1.807) is 18.2 Å². The number of benzene rings is 4. The number of phenolic OH excluding ortho intramolecular Hbond substituents is 1. The van der Waals surface area contributed by atoms with E-state index in [1.165, 1.54) is 0 Å². The Morgan fingerprint density at radius 2 is 1.73 bits per heavy atom. The molecule has 2 heterocycles. The molecule has 0 unspecified atom stereocenters. The van der Waals surface area contributed by atoms with Crippen LogP contribution in [-0.2, 0) is 4.74 Å². The van der Waals surface area contributed by atoms with E-state index in [4.69, 9.17) is 4.74 Å². The molecule has 1 aromatic heterocycles. The quantitative estimate of drug-likeness (QED) is 0.112. The van der Waals surface area contributed by atoms with Gasteiger partial charge in [0.2, 0.25) is 11.9 Å². The predicted molar refractivity (Wildman–Crippen MR) is 162 cm³/mol. The second kappa shape index (κ2) is 11.1. The maximum atomic E-state index is 14.4. The molecule has 202 valence electrons. The fourth-order valence-corrected chi connectivity index (χ4v) is 5.41. The van der Waals surface area contributed by atoms with Crippen LogP contribution >= 0.6 is 37.9 Å². The minimum absolute atomic E-state index is 0.0253. The Hall–Kier alpha value is -3.65. The first-order chi connectivity index (χ1) is 19.4. The zero-order valence-corrected chi connectivity index (χ0v) is 23.5. The first-order valence-electron chi connectivity index (χ1n) is 12.2. The van der Waals surface area contributed by atoms with Crippen LogP contribution < -0.4 is 10.2 Å². The normalized spacial score (nSPS) is 13.9. The van der Waals surface area contributed by atoms with Gasteiger partial charge in [-0.2, -0.15) is 19.3 Å². The minimum atomic E-state index is -0.931. The van der Waals surface area contributed by atoms with Crippen molar-refractivity contribution in [3.63, 3.8) is 0 Å². The Morgan fingerprint density at radius 1 is 0.925 bits per heavy atom. The molecule has 5 aromatic rings. The van der Waals surface area contributed by atoms with Crippen LogP contribution in [0.15, 0.2) is 79.5 Å². The molecule has 1 aliphatic rings. The Balaban J connectivity index is 1.41. The Labute approximate surface area is 244 Å². The lowest BCUT2D eigenvalue weighted by molar-refractivity contribution is 0.122. The van der Waals surface area contributed by atoms with Gasteiger partial charge in [-0.05, 0) is 40.4 Å². The fraction of sp³-hybridized carbons (Fsp3) is 0.148. The Kier molecular flexibility index (Phi) is 7.36. The number of hydrogen-bond acceptors (Lipinski definition) is 12. The van der Waals surface area contributed by atoms with Crippen LogP contribution in [0.25, 0.3) is 21.5 Å². The summed E-state index contributed by atoms with van der Waals surface area (Å²) in [5.41, 5.74) is 1.08. The van der Waals surface area contributed by atoms with Gasteiger partial charge in [-0.25, -0.2) is 0 Å². The molecular weight excluding hydrogens is 570 g/mol. The van der Waals surface area contributed by atoms with Gasteiger partial charge in [0, 0.05) is 33.2 Å². The van der Waals surface area contributed by atoms with Crippen molar-refractivity contribution in [2.24, 2.45) is 10.2 Å². The summed E-state index contributed by atoms with van der Waals surface area (Å²) >= 11 is 13.7. The second-order valence-corrected chi connectivity index (χ2v) is 10.4. The molecule has 9 nitrogen and oxygen atoms in total. The van der Waals surface area contributed by atoms with Gasteiger partial charge in [0.05, 0.1) is 24.6 Å². The number of phenols is 1. The molecule has 0 amide bonds. The largest absolute Gasteiger partial charge is 0.505 e. The number of halogens is 1. The van der Waals surface area contributed by atoms with Crippen LogP contribution in [0.3, 0.4) is 0 Å². The average molecular weight is 592 g/mol. The van der Waals surface area contributed by atoms with E-state index in [-0.39, 0.29) is 23.3 Å². The van der Waals surface area contributed by atoms with E-state index in [1.807, 2.05) is 41.3 Å². The first-order valence-corrected chi connectivity index (χ1v) is 13.6. The highest BCUT2D eigenvalue weighted by molar-refractivity contribution is 7.81. The summed E-state index contributed by atoms with van der Waals surface area (Å²) in [6, 6.07) is 16.8. The summed E-state index contributed by atoms with van der Waals surface area (Å²) in [5, 5.41) is 26.1.